The van der Waals surface area contributed by atoms with Gasteiger partial charge in [0.1, 0.15) is 5.75 Å². The van der Waals surface area contributed by atoms with Gasteiger partial charge in [-0.2, -0.15) is 0 Å². The lowest BCUT2D eigenvalue weighted by Crippen LogP contribution is -2.29. The van der Waals surface area contributed by atoms with Gasteiger partial charge in [-0.3, -0.25) is 4.79 Å². The van der Waals surface area contributed by atoms with Gasteiger partial charge in [0.25, 0.3) is 5.91 Å². The summed E-state index contributed by atoms with van der Waals surface area (Å²) >= 11 is 0. The molecule has 2 aromatic carbocycles. The average molecular weight is 415 g/mol. The average Bonchev–Trinajstić information content (AvgIpc) is 2.76. The van der Waals surface area contributed by atoms with Crippen LogP contribution in [0.3, 0.4) is 0 Å². The van der Waals surface area contributed by atoms with Crippen LogP contribution in [0.2, 0.25) is 0 Å². The van der Waals surface area contributed by atoms with E-state index in [4.69, 9.17) is 23.7 Å². The van der Waals surface area contributed by atoms with Crippen molar-refractivity contribution in [1.82, 2.24) is 0 Å². The molecule has 2 rings (SSSR count). The van der Waals surface area contributed by atoms with Crippen LogP contribution in [0.5, 0.6) is 23.0 Å². The van der Waals surface area contributed by atoms with Crippen LogP contribution in [0.15, 0.2) is 42.5 Å². The molecule has 1 N–H and O–H groups in total. The van der Waals surface area contributed by atoms with Gasteiger partial charge in [0, 0.05) is 6.08 Å². The predicted octanol–water partition coefficient (Wildman–Crippen LogP) is 3.30. The number of ether oxygens (including phenoxy) is 5. The summed E-state index contributed by atoms with van der Waals surface area (Å²) in [6, 6.07) is 10.3. The van der Waals surface area contributed by atoms with E-state index >= 15 is 0 Å². The highest BCUT2D eigenvalue weighted by atomic mass is 16.5. The van der Waals surface area contributed by atoms with Crippen molar-refractivity contribution in [2.24, 2.45) is 0 Å². The highest BCUT2D eigenvalue weighted by Gasteiger charge is 2.18. The number of rotatable bonds is 9. The lowest BCUT2D eigenvalue weighted by atomic mass is 10.1. The van der Waals surface area contributed by atoms with Crippen molar-refractivity contribution < 1.29 is 33.3 Å². The zero-order valence-corrected chi connectivity index (χ0v) is 17.6. The third kappa shape index (κ3) is 5.66. The SMILES string of the molecule is COc1ccccc1NC(=O)[C@H](C)OC(=O)/C=C/c1cc(OC)c(OC)c(OC)c1. The van der Waals surface area contributed by atoms with Crippen molar-refractivity contribution in [2.45, 2.75) is 13.0 Å². The molecule has 0 bridgehead atoms. The molecule has 0 saturated carbocycles. The Bertz CT molecular complexity index is 898. The fourth-order valence-corrected chi connectivity index (χ4v) is 2.61. The Hall–Kier alpha value is -3.68. The zero-order valence-electron chi connectivity index (χ0n) is 17.6. The first-order valence-corrected chi connectivity index (χ1v) is 9.06. The smallest absolute Gasteiger partial charge is 0.331 e. The Morgan fingerprint density at radius 3 is 2.07 bits per heavy atom. The number of hydrogen-bond donors (Lipinski definition) is 1. The molecule has 2 aromatic rings. The fraction of sp³-hybridized carbons (Fsp3) is 0.273. The molecule has 0 aliphatic rings. The van der Waals surface area contributed by atoms with Gasteiger partial charge in [0.05, 0.1) is 34.1 Å². The highest BCUT2D eigenvalue weighted by molar-refractivity contribution is 5.97. The van der Waals surface area contributed by atoms with E-state index in [0.29, 0.717) is 34.2 Å². The third-order valence-corrected chi connectivity index (χ3v) is 4.13. The van der Waals surface area contributed by atoms with Crippen LogP contribution in [0.4, 0.5) is 5.69 Å². The first-order valence-electron chi connectivity index (χ1n) is 9.06. The van der Waals surface area contributed by atoms with Gasteiger partial charge < -0.3 is 29.0 Å². The number of esters is 1. The van der Waals surface area contributed by atoms with Crippen LogP contribution in [0.25, 0.3) is 6.08 Å². The quantitative estimate of drug-likeness (QED) is 0.496. The van der Waals surface area contributed by atoms with Crippen molar-refractivity contribution in [3.63, 3.8) is 0 Å². The van der Waals surface area contributed by atoms with Crippen LogP contribution >= 0.6 is 0 Å². The summed E-state index contributed by atoms with van der Waals surface area (Å²) in [5.41, 5.74) is 1.12. The third-order valence-electron chi connectivity index (χ3n) is 4.13. The minimum absolute atomic E-state index is 0.446. The van der Waals surface area contributed by atoms with Crippen LogP contribution in [0, 0.1) is 0 Å². The van der Waals surface area contributed by atoms with Gasteiger partial charge in [-0.05, 0) is 42.8 Å². The number of nitrogens with one attached hydrogen (secondary N) is 1. The maximum absolute atomic E-state index is 12.3. The molecule has 0 heterocycles. The Morgan fingerprint density at radius 1 is 0.900 bits per heavy atom. The van der Waals surface area contributed by atoms with E-state index in [0.717, 1.165) is 0 Å². The largest absolute Gasteiger partial charge is 0.495 e. The number of carbonyl (C=O) groups is 2. The molecule has 8 nitrogen and oxygen atoms in total. The van der Waals surface area contributed by atoms with Gasteiger partial charge in [-0.15, -0.1) is 0 Å². The van der Waals surface area contributed by atoms with Crippen LogP contribution < -0.4 is 24.3 Å². The summed E-state index contributed by atoms with van der Waals surface area (Å²) in [4.78, 5) is 24.5. The van der Waals surface area contributed by atoms with Gasteiger partial charge in [0.15, 0.2) is 17.6 Å². The minimum Gasteiger partial charge on any atom is -0.495 e. The summed E-state index contributed by atoms with van der Waals surface area (Å²) in [5, 5.41) is 2.67. The Labute approximate surface area is 175 Å². The van der Waals surface area contributed by atoms with Crippen LogP contribution in [-0.2, 0) is 14.3 Å². The summed E-state index contributed by atoms with van der Waals surface area (Å²) in [5.74, 6) is 0.706. The summed E-state index contributed by atoms with van der Waals surface area (Å²) in [7, 11) is 6.01. The van der Waals surface area contributed by atoms with Gasteiger partial charge in [-0.1, -0.05) is 12.1 Å². The zero-order chi connectivity index (χ0) is 22.1. The van der Waals surface area contributed by atoms with Crippen molar-refractivity contribution in [1.29, 1.82) is 0 Å². The van der Waals surface area contributed by atoms with Gasteiger partial charge >= 0.3 is 5.97 Å². The molecule has 0 radical (unpaired) electrons. The number of methoxy groups -OCH3 is 4. The molecule has 0 saturated heterocycles. The normalized spacial score (nSPS) is 11.5. The Balaban J connectivity index is 2.04. The number of benzene rings is 2. The lowest BCUT2D eigenvalue weighted by molar-refractivity contribution is -0.148. The molecule has 0 fully saturated rings. The number of hydrogen-bond acceptors (Lipinski definition) is 7. The van der Waals surface area contributed by atoms with Crippen molar-refractivity contribution in [3.05, 3.63) is 48.0 Å². The maximum atomic E-state index is 12.3. The second-order valence-electron chi connectivity index (χ2n) is 6.06. The predicted molar refractivity (Wildman–Crippen MR) is 112 cm³/mol. The summed E-state index contributed by atoms with van der Waals surface area (Å²) in [6.45, 7) is 1.48. The van der Waals surface area contributed by atoms with Crippen molar-refractivity contribution in [3.8, 4) is 23.0 Å². The summed E-state index contributed by atoms with van der Waals surface area (Å²) in [6.07, 6.45) is 1.73. The first kappa shape index (κ1) is 22.6. The molecular formula is C22H25NO7. The monoisotopic (exact) mass is 415 g/mol. The van der Waals surface area contributed by atoms with E-state index in [-0.39, 0.29) is 0 Å². The maximum Gasteiger partial charge on any atom is 0.331 e. The number of para-hydroxylation sites is 2. The topological polar surface area (TPSA) is 92.3 Å². The Morgan fingerprint density at radius 2 is 1.50 bits per heavy atom. The standard InChI is InChI=1S/C22H25NO7/c1-14(22(25)23-16-8-6-7-9-17(16)26-2)30-20(24)11-10-15-12-18(27-3)21(29-5)19(13-15)28-4/h6-14H,1-5H3,(H,23,25)/b11-10+/t14-/m0/s1. The second-order valence-corrected chi connectivity index (χ2v) is 6.06. The molecule has 160 valence electrons. The number of amides is 1. The molecule has 1 atom stereocenters. The molecular weight excluding hydrogens is 390 g/mol. The van der Waals surface area contributed by atoms with Gasteiger partial charge in [0.2, 0.25) is 5.75 Å². The lowest BCUT2D eigenvalue weighted by Gasteiger charge is -2.14. The molecule has 30 heavy (non-hydrogen) atoms. The van der Waals surface area contributed by atoms with Crippen LogP contribution in [-0.4, -0.2) is 46.4 Å². The minimum atomic E-state index is -1.01. The number of anilines is 1. The second kappa shape index (κ2) is 10.8. The van der Waals surface area contributed by atoms with Gasteiger partial charge in [-0.25, -0.2) is 4.79 Å². The molecule has 0 spiro atoms. The molecule has 0 aromatic heterocycles. The van der Waals surface area contributed by atoms with E-state index in [2.05, 4.69) is 5.32 Å². The molecule has 1 amide bonds. The summed E-state index contributed by atoms with van der Waals surface area (Å²) < 4.78 is 26.2. The number of carbonyl (C=O) groups excluding carboxylic acids is 2. The molecule has 0 unspecified atom stereocenters. The van der Waals surface area contributed by atoms with Crippen molar-refractivity contribution >= 4 is 23.6 Å². The molecule has 0 aliphatic carbocycles. The van der Waals surface area contributed by atoms with E-state index in [9.17, 15) is 9.59 Å². The van der Waals surface area contributed by atoms with E-state index in [1.54, 1.807) is 36.4 Å². The van der Waals surface area contributed by atoms with E-state index in [1.807, 2.05) is 0 Å². The Kier molecular flexibility index (Phi) is 8.10. The van der Waals surface area contributed by atoms with Crippen molar-refractivity contribution in [2.75, 3.05) is 33.8 Å². The molecule has 0 aliphatic heterocycles. The van der Waals surface area contributed by atoms with E-state index < -0.39 is 18.0 Å². The molecule has 8 heteroatoms. The fourth-order valence-electron chi connectivity index (χ4n) is 2.61. The van der Waals surface area contributed by atoms with E-state index in [1.165, 1.54) is 47.5 Å². The van der Waals surface area contributed by atoms with Crippen LogP contribution in [0.1, 0.15) is 12.5 Å². The first-order chi connectivity index (χ1) is 14.4. The highest BCUT2D eigenvalue weighted by Crippen LogP contribution is 2.38.